The number of aromatic carboxylic acids is 1. The summed E-state index contributed by atoms with van der Waals surface area (Å²) < 4.78 is 17.0. The fourth-order valence-electron chi connectivity index (χ4n) is 2.35. The number of carboxylic acid groups (broad SMARTS) is 1. The highest BCUT2D eigenvalue weighted by Gasteiger charge is 2.37. The molecule has 1 heterocycles. The van der Waals surface area contributed by atoms with E-state index >= 15 is 0 Å². The van der Waals surface area contributed by atoms with E-state index in [1.807, 2.05) is 0 Å². The maximum absolute atomic E-state index is 12.9. The van der Waals surface area contributed by atoms with Crippen LogP contribution < -0.4 is 0 Å². The Kier molecular flexibility index (Phi) is 4.08. The van der Waals surface area contributed by atoms with E-state index < -0.39 is 28.2 Å². The predicted octanol–water partition coefficient (Wildman–Crippen LogP) is 2.87. The topological polar surface area (TPSA) is 97.5 Å². The molecule has 120 valence electrons. The lowest BCUT2D eigenvalue weighted by molar-refractivity contribution is 0.0682. The smallest absolute Gasteiger partial charge is 0.358 e. The molecule has 3 rings (SSSR count). The Morgan fingerprint density at radius 2 is 2.09 bits per heavy atom. The Balaban J connectivity index is 2.16. The first-order valence-corrected chi connectivity index (χ1v) is 8.74. The summed E-state index contributed by atoms with van der Waals surface area (Å²) in [5.41, 5.74) is -0.337. The number of carbonyl (C=O) groups excluding carboxylic acids is 1. The number of nitrogens with zero attached hydrogens (tertiary/aromatic N) is 1. The van der Waals surface area contributed by atoms with Gasteiger partial charge >= 0.3 is 5.97 Å². The minimum Gasteiger partial charge on any atom is -0.476 e. The average molecular weight is 354 g/mol. The van der Waals surface area contributed by atoms with Gasteiger partial charge in [0.25, 0.3) is 0 Å². The zero-order chi connectivity index (χ0) is 16.7. The molecule has 0 bridgehead atoms. The maximum Gasteiger partial charge on any atom is 0.358 e. The monoisotopic (exact) mass is 353 g/mol. The molecule has 0 radical (unpaired) electrons. The highest BCUT2D eigenvalue weighted by atomic mass is 35.5. The summed E-state index contributed by atoms with van der Waals surface area (Å²) in [5.74, 6) is -1.60. The summed E-state index contributed by atoms with van der Waals surface area (Å²) in [5, 5.41) is 13.1. The molecule has 0 spiro atoms. The summed E-state index contributed by atoms with van der Waals surface area (Å²) in [6.07, 6.45) is 3.07. The number of ketones is 1. The van der Waals surface area contributed by atoms with E-state index in [2.05, 4.69) is 5.16 Å². The molecule has 8 heteroatoms. The van der Waals surface area contributed by atoms with Gasteiger partial charge in [-0.1, -0.05) is 16.8 Å². The van der Waals surface area contributed by atoms with Crippen molar-refractivity contribution < 1.29 is 23.4 Å². The van der Waals surface area contributed by atoms with Crippen LogP contribution in [0.2, 0.25) is 5.02 Å². The third-order valence-electron chi connectivity index (χ3n) is 3.59. The molecule has 0 saturated heterocycles. The Morgan fingerprint density at radius 1 is 1.39 bits per heavy atom. The second-order valence-corrected chi connectivity index (χ2v) is 7.06. The van der Waals surface area contributed by atoms with Gasteiger partial charge in [0.15, 0.2) is 11.5 Å². The Morgan fingerprint density at radius 3 is 2.65 bits per heavy atom. The van der Waals surface area contributed by atoms with Gasteiger partial charge in [-0.2, -0.15) is 0 Å². The summed E-state index contributed by atoms with van der Waals surface area (Å²) in [6, 6.07) is 4.38. The number of carbonyl (C=O) groups is 2. The summed E-state index contributed by atoms with van der Waals surface area (Å²) in [4.78, 5) is 24.5. The number of carboxylic acids is 1. The fraction of sp³-hybridized carbons (Fsp3) is 0.267. The molecular formula is C15H12ClNO5S. The standard InChI is InChI=1S/C15H12ClNO5S/c1-23(21)10-6-8(16)4-5-9(10)13(18)11-12(15(19)20)17-22-14(11)7-2-3-7/h4-7H,2-3H2,1H3,(H,19,20). The number of aromatic nitrogens is 1. The molecule has 2 aromatic rings. The molecule has 1 N–H and O–H groups in total. The molecule has 1 unspecified atom stereocenters. The molecular weight excluding hydrogens is 342 g/mol. The third-order valence-corrected chi connectivity index (χ3v) is 4.79. The van der Waals surface area contributed by atoms with Crippen LogP contribution in [0, 0.1) is 0 Å². The van der Waals surface area contributed by atoms with Crippen molar-refractivity contribution in [3.63, 3.8) is 0 Å². The van der Waals surface area contributed by atoms with Gasteiger partial charge in [0.1, 0.15) is 5.56 Å². The van der Waals surface area contributed by atoms with Crippen LogP contribution >= 0.6 is 11.6 Å². The zero-order valence-electron chi connectivity index (χ0n) is 12.0. The highest BCUT2D eigenvalue weighted by molar-refractivity contribution is 7.84. The van der Waals surface area contributed by atoms with Crippen molar-refractivity contribution in [2.75, 3.05) is 6.26 Å². The van der Waals surface area contributed by atoms with Crippen molar-refractivity contribution in [3.05, 3.63) is 45.8 Å². The molecule has 1 fully saturated rings. The lowest BCUT2D eigenvalue weighted by Gasteiger charge is -2.07. The molecule has 1 aliphatic rings. The first-order chi connectivity index (χ1) is 10.9. The number of hydrogen-bond donors (Lipinski definition) is 1. The van der Waals surface area contributed by atoms with Gasteiger partial charge < -0.3 is 9.63 Å². The van der Waals surface area contributed by atoms with E-state index in [9.17, 15) is 18.9 Å². The second kappa shape index (κ2) is 5.90. The van der Waals surface area contributed by atoms with Crippen LogP contribution in [0.25, 0.3) is 0 Å². The van der Waals surface area contributed by atoms with Crippen molar-refractivity contribution in [1.29, 1.82) is 0 Å². The van der Waals surface area contributed by atoms with E-state index in [4.69, 9.17) is 16.1 Å². The highest BCUT2D eigenvalue weighted by Crippen LogP contribution is 2.43. The minimum atomic E-state index is -1.46. The van der Waals surface area contributed by atoms with Crippen LogP contribution in [0.15, 0.2) is 27.6 Å². The normalized spacial score (nSPS) is 15.4. The van der Waals surface area contributed by atoms with Crippen molar-refractivity contribution >= 4 is 34.2 Å². The quantitative estimate of drug-likeness (QED) is 0.830. The lowest BCUT2D eigenvalue weighted by Crippen LogP contribution is -2.12. The van der Waals surface area contributed by atoms with Gasteiger partial charge in [-0.05, 0) is 31.0 Å². The molecule has 0 amide bonds. The van der Waals surface area contributed by atoms with Crippen LogP contribution in [0.5, 0.6) is 0 Å². The molecule has 1 aromatic heterocycles. The predicted molar refractivity (Wildman–Crippen MR) is 82.7 cm³/mol. The van der Waals surface area contributed by atoms with Gasteiger partial charge in [-0.25, -0.2) is 4.79 Å². The summed E-state index contributed by atoms with van der Waals surface area (Å²) in [7, 11) is -1.46. The van der Waals surface area contributed by atoms with Crippen molar-refractivity contribution in [3.8, 4) is 0 Å². The van der Waals surface area contributed by atoms with E-state index in [1.54, 1.807) is 0 Å². The first-order valence-electron chi connectivity index (χ1n) is 6.80. The van der Waals surface area contributed by atoms with Gasteiger partial charge in [0.2, 0.25) is 5.69 Å². The largest absolute Gasteiger partial charge is 0.476 e. The van der Waals surface area contributed by atoms with E-state index in [0.717, 1.165) is 12.8 Å². The molecule has 0 aliphatic heterocycles. The number of halogens is 1. The summed E-state index contributed by atoms with van der Waals surface area (Å²) >= 11 is 5.89. The van der Waals surface area contributed by atoms with Crippen LogP contribution in [0.4, 0.5) is 0 Å². The summed E-state index contributed by atoms with van der Waals surface area (Å²) in [6.45, 7) is 0. The molecule has 23 heavy (non-hydrogen) atoms. The third kappa shape index (κ3) is 2.94. The van der Waals surface area contributed by atoms with E-state index in [-0.39, 0.29) is 27.7 Å². The SMILES string of the molecule is CS(=O)c1cc(Cl)ccc1C(=O)c1c(C(=O)O)noc1C1CC1. The van der Waals surface area contributed by atoms with Gasteiger partial charge in [0.05, 0.1) is 15.7 Å². The van der Waals surface area contributed by atoms with Crippen LogP contribution in [0.3, 0.4) is 0 Å². The maximum atomic E-state index is 12.9. The van der Waals surface area contributed by atoms with Crippen molar-refractivity contribution in [2.45, 2.75) is 23.7 Å². The van der Waals surface area contributed by atoms with E-state index in [1.165, 1.54) is 24.5 Å². The van der Waals surface area contributed by atoms with E-state index in [0.29, 0.717) is 5.02 Å². The molecule has 1 atom stereocenters. The fourth-order valence-corrected chi connectivity index (χ4v) is 3.35. The van der Waals surface area contributed by atoms with Crippen LogP contribution in [-0.4, -0.2) is 32.5 Å². The number of hydrogen-bond acceptors (Lipinski definition) is 5. The lowest BCUT2D eigenvalue weighted by atomic mass is 9.99. The number of benzene rings is 1. The Bertz CT molecular complexity index is 840. The first kappa shape index (κ1) is 15.9. The molecule has 6 nitrogen and oxygen atoms in total. The Hall–Kier alpha value is -1.99. The van der Waals surface area contributed by atoms with Crippen molar-refractivity contribution in [2.24, 2.45) is 0 Å². The van der Waals surface area contributed by atoms with Gasteiger partial charge in [0, 0.05) is 22.8 Å². The molecule has 1 saturated carbocycles. The molecule has 1 aromatic carbocycles. The second-order valence-electron chi connectivity index (χ2n) is 5.27. The van der Waals surface area contributed by atoms with Crippen LogP contribution in [0.1, 0.15) is 50.9 Å². The average Bonchev–Trinajstić information content (AvgIpc) is 3.24. The van der Waals surface area contributed by atoms with Gasteiger partial charge in [-0.3, -0.25) is 9.00 Å². The van der Waals surface area contributed by atoms with Gasteiger partial charge in [-0.15, -0.1) is 0 Å². The minimum absolute atomic E-state index is 0.0115. The molecule has 1 aliphatic carbocycles. The zero-order valence-corrected chi connectivity index (χ0v) is 13.6. The Labute approximate surface area is 138 Å². The number of rotatable bonds is 5. The van der Waals surface area contributed by atoms with Crippen molar-refractivity contribution in [1.82, 2.24) is 5.16 Å². The van der Waals surface area contributed by atoms with Crippen LogP contribution in [-0.2, 0) is 10.8 Å².